The van der Waals surface area contributed by atoms with Gasteiger partial charge in [-0.1, -0.05) is 33.1 Å². The molecule has 0 amide bonds. The predicted octanol–water partition coefficient (Wildman–Crippen LogP) is 3.86. The van der Waals surface area contributed by atoms with E-state index in [9.17, 15) is 14.4 Å². The highest BCUT2D eigenvalue weighted by Crippen LogP contribution is 2.49. The van der Waals surface area contributed by atoms with Gasteiger partial charge in [0.15, 0.2) is 0 Å². The molecular formula is C8H17N2O4P. The molecule has 1 atom stereocenters. The van der Waals surface area contributed by atoms with Crippen LogP contribution in [0.5, 0.6) is 0 Å². The monoisotopic (exact) mass is 236 g/mol. The van der Waals surface area contributed by atoms with Crippen LogP contribution in [0.2, 0.25) is 0 Å². The summed E-state index contributed by atoms with van der Waals surface area (Å²) in [7, 11) is -4.12. The fraction of sp³-hybridized carbons (Fsp3) is 1.00. The Morgan fingerprint density at radius 2 is 1.87 bits per heavy atom. The minimum absolute atomic E-state index is 0.0830. The van der Waals surface area contributed by atoms with Crippen molar-refractivity contribution in [3.63, 3.8) is 0 Å². The van der Waals surface area contributed by atoms with Gasteiger partial charge in [0.2, 0.25) is 0 Å². The van der Waals surface area contributed by atoms with E-state index >= 15 is 0 Å². The van der Waals surface area contributed by atoms with E-state index in [1.807, 2.05) is 6.92 Å². The van der Waals surface area contributed by atoms with E-state index in [2.05, 4.69) is 21.3 Å². The van der Waals surface area contributed by atoms with E-state index in [0.29, 0.717) is 12.3 Å². The molecule has 1 unspecified atom stereocenters. The smallest absolute Gasteiger partial charge is 0.291 e. The number of nitrogens with zero attached hydrogens (tertiary/aromatic N) is 2. The van der Waals surface area contributed by atoms with Gasteiger partial charge in [-0.05, 0) is 12.3 Å². The van der Waals surface area contributed by atoms with Crippen LogP contribution < -0.4 is 0 Å². The van der Waals surface area contributed by atoms with Crippen molar-refractivity contribution in [1.29, 1.82) is 0 Å². The molecule has 0 N–H and O–H groups in total. The third-order valence-electron chi connectivity index (χ3n) is 2.13. The van der Waals surface area contributed by atoms with Gasteiger partial charge >= 0.3 is 7.67 Å². The number of rotatable bonds is 9. The second kappa shape index (κ2) is 7.65. The van der Waals surface area contributed by atoms with Crippen LogP contribution in [0.25, 0.3) is 0 Å². The Morgan fingerprint density at radius 1 is 1.27 bits per heavy atom. The minimum Gasteiger partial charge on any atom is -0.291 e. The highest BCUT2D eigenvalue weighted by molar-refractivity contribution is 7.55. The first-order valence-corrected chi connectivity index (χ1v) is 6.55. The Kier molecular flexibility index (Phi) is 7.34. The summed E-state index contributed by atoms with van der Waals surface area (Å²) in [5, 5.41) is 0. The summed E-state index contributed by atoms with van der Waals surface area (Å²) in [4.78, 5) is 24.2. The van der Waals surface area contributed by atoms with Crippen LogP contribution in [0.1, 0.15) is 39.5 Å². The van der Waals surface area contributed by atoms with E-state index in [1.54, 1.807) is 0 Å². The molecule has 0 saturated carbocycles. The molecule has 0 aliphatic carbocycles. The van der Waals surface area contributed by atoms with Gasteiger partial charge < -0.3 is 0 Å². The summed E-state index contributed by atoms with van der Waals surface area (Å²) >= 11 is 0. The number of hydrogen-bond donors (Lipinski definition) is 0. The van der Waals surface area contributed by atoms with Crippen LogP contribution >= 0.6 is 7.67 Å². The second-order valence-electron chi connectivity index (χ2n) is 3.52. The van der Waals surface area contributed by atoms with Crippen molar-refractivity contribution in [2.75, 3.05) is 6.61 Å². The summed E-state index contributed by atoms with van der Waals surface area (Å²) in [6.07, 6.45) is 3.94. The van der Waals surface area contributed by atoms with Crippen LogP contribution in [-0.4, -0.2) is 6.61 Å². The first kappa shape index (κ1) is 14.4. The largest absolute Gasteiger partial charge is 0.504 e. The summed E-state index contributed by atoms with van der Waals surface area (Å²) < 4.78 is 15.5. The molecule has 0 aliphatic heterocycles. The van der Waals surface area contributed by atoms with Gasteiger partial charge in [-0.25, -0.2) is 4.57 Å². The van der Waals surface area contributed by atoms with E-state index in [-0.39, 0.29) is 6.61 Å². The fourth-order valence-corrected chi connectivity index (χ4v) is 1.60. The van der Waals surface area contributed by atoms with Crippen LogP contribution in [0.15, 0.2) is 9.89 Å². The highest BCUT2D eigenvalue weighted by Gasteiger charge is 2.25. The SMILES string of the molecule is CCCCC(C)CCOP(=O)(N=O)N=O. The van der Waals surface area contributed by atoms with Crippen molar-refractivity contribution in [1.82, 2.24) is 0 Å². The molecule has 0 aromatic rings. The minimum atomic E-state index is -4.12. The van der Waals surface area contributed by atoms with Crippen molar-refractivity contribution in [2.24, 2.45) is 15.8 Å². The Hall–Kier alpha value is -0.610. The lowest BCUT2D eigenvalue weighted by molar-refractivity contribution is 0.277. The van der Waals surface area contributed by atoms with Crippen molar-refractivity contribution in [2.45, 2.75) is 39.5 Å². The molecule has 0 fully saturated rings. The lowest BCUT2D eigenvalue weighted by atomic mass is 10.0. The van der Waals surface area contributed by atoms with Gasteiger partial charge in [-0.15, -0.1) is 9.81 Å². The maximum absolute atomic E-state index is 11.0. The van der Waals surface area contributed by atoms with E-state index in [1.165, 1.54) is 0 Å². The molecule has 0 rings (SSSR count). The number of unbranched alkanes of at least 4 members (excludes halogenated alkanes) is 1. The third-order valence-corrected chi connectivity index (χ3v) is 3.06. The van der Waals surface area contributed by atoms with Crippen molar-refractivity contribution >= 4 is 7.67 Å². The summed E-state index contributed by atoms with van der Waals surface area (Å²) in [6.45, 7) is 4.22. The van der Waals surface area contributed by atoms with E-state index < -0.39 is 7.67 Å². The topological polar surface area (TPSA) is 85.2 Å². The molecule has 7 heteroatoms. The molecule has 0 aliphatic rings. The van der Waals surface area contributed by atoms with Crippen LogP contribution in [0.4, 0.5) is 0 Å². The first-order chi connectivity index (χ1) is 7.08. The standard InChI is InChI=1S/C8H17N2O4P/c1-3-4-5-8(2)6-7-14-15(13,9-11)10-12/h8H,3-7H2,1-2H3. The molecule has 6 nitrogen and oxygen atoms in total. The van der Waals surface area contributed by atoms with Gasteiger partial charge in [0, 0.05) is 9.89 Å². The molecule has 0 radical (unpaired) electrons. The normalized spacial score (nSPS) is 13.5. The molecule has 0 heterocycles. The Morgan fingerprint density at radius 3 is 2.33 bits per heavy atom. The van der Waals surface area contributed by atoms with Crippen molar-refractivity contribution in [3.8, 4) is 0 Å². The summed E-state index contributed by atoms with van der Waals surface area (Å²) in [6, 6.07) is 0. The molecule has 88 valence electrons. The van der Waals surface area contributed by atoms with Gasteiger partial charge in [-0.2, -0.15) is 0 Å². The highest BCUT2D eigenvalue weighted by atomic mass is 31.2. The molecule has 0 bridgehead atoms. The molecular weight excluding hydrogens is 219 g/mol. The lowest BCUT2D eigenvalue weighted by Gasteiger charge is -2.10. The summed E-state index contributed by atoms with van der Waals surface area (Å²) in [5.41, 5.74) is 0. The second-order valence-corrected chi connectivity index (χ2v) is 5.09. The van der Waals surface area contributed by atoms with Crippen LogP contribution in [0, 0.1) is 15.7 Å². The zero-order chi connectivity index (χ0) is 11.7. The average molecular weight is 236 g/mol. The van der Waals surface area contributed by atoms with Crippen molar-refractivity contribution in [3.05, 3.63) is 9.81 Å². The molecule has 0 spiro atoms. The average Bonchev–Trinajstić information content (AvgIpc) is 2.26. The van der Waals surface area contributed by atoms with Gasteiger partial charge in [0.05, 0.1) is 6.61 Å². The lowest BCUT2D eigenvalue weighted by Crippen LogP contribution is -2.00. The zero-order valence-electron chi connectivity index (χ0n) is 9.09. The third kappa shape index (κ3) is 6.47. The van der Waals surface area contributed by atoms with Gasteiger partial charge in [0.25, 0.3) is 0 Å². The Bertz CT molecular complexity index is 235. The van der Waals surface area contributed by atoms with Crippen LogP contribution in [-0.2, 0) is 9.09 Å². The quantitative estimate of drug-likeness (QED) is 0.449. The maximum Gasteiger partial charge on any atom is 0.504 e. The Labute approximate surface area is 89.3 Å². The molecule has 0 saturated heterocycles. The molecule has 15 heavy (non-hydrogen) atoms. The molecule has 0 aromatic heterocycles. The maximum atomic E-state index is 11.0. The fourth-order valence-electron chi connectivity index (χ4n) is 1.13. The van der Waals surface area contributed by atoms with E-state index in [0.717, 1.165) is 19.3 Å². The van der Waals surface area contributed by atoms with Crippen LogP contribution in [0.3, 0.4) is 0 Å². The number of nitroso groups, excluding NO2 is 2. The summed E-state index contributed by atoms with van der Waals surface area (Å²) in [5.74, 6) is 0.414. The molecule has 0 aromatic carbocycles. The number of hydrogen-bond acceptors (Lipinski definition) is 4. The van der Waals surface area contributed by atoms with E-state index in [4.69, 9.17) is 0 Å². The van der Waals surface area contributed by atoms with Gasteiger partial charge in [-0.3, -0.25) is 4.52 Å². The van der Waals surface area contributed by atoms with Crippen molar-refractivity contribution < 1.29 is 9.09 Å². The zero-order valence-corrected chi connectivity index (χ0v) is 9.98. The Balaban J connectivity index is 3.73. The predicted molar refractivity (Wildman–Crippen MR) is 58.5 cm³/mol. The first-order valence-electron chi connectivity index (χ1n) is 5.02. The van der Waals surface area contributed by atoms with Gasteiger partial charge in [0.1, 0.15) is 0 Å².